The topological polar surface area (TPSA) is 66.8 Å². The van der Waals surface area contributed by atoms with Crippen LogP contribution in [0.25, 0.3) is 0 Å². The van der Waals surface area contributed by atoms with Crippen LogP contribution >= 0.6 is 0 Å². The summed E-state index contributed by atoms with van der Waals surface area (Å²) in [5.74, 6) is 0. The van der Waals surface area contributed by atoms with Gasteiger partial charge in [-0.25, -0.2) is 0 Å². The van der Waals surface area contributed by atoms with Gasteiger partial charge >= 0.3 is 10.1 Å². The van der Waals surface area contributed by atoms with E-state index in [0.717, 1.165) is 44.1 Å². The Bertz CT molecular complexity index is 1240. The first kappa shape index (κ1) is 31.7. The van der Waals surface area contributed by atoms with E-state index in [0.29, 0.717) is 13.2 Å². The Morgan fingerprint density at radius 2 is 1.18 bits per heavy atom. The van der Waals surface area contributed by atoms with Crippen LogP contribution < -0.4 is 0 Å². The van der Waals surface area contributed by atoms with Crippen LogP contribution in [0.5, 0.6) is 0 Å². The largest absolute Gasteiger partial charge is 0.396 e. The molecule has 0 aromatic heterocycles. The molecule has 0 atom stereocenters. The summed E-state index contributed by atoms with van der Waals surface area (Å²) in [6.07, 6.45) is 5.92. The van der Waals surface area contributed by atoms with Crippen molar-refractivity contribution in [1.82, 2.24) is 5.06 Å². The fraction of sp³-hybridized carbons (Fsp3) is 0.438. The van der Waals surface area contributed by atoms with E-state index in [1.54, 1.807) is 31.3 Å². The van der Waals surface area contributed by atoms with Gasteiger partial charge in [-0.15, -0.1) is 0 Å². The molecule has 0 aliphatic rings. The number of unbranched alkanes of at least 4 members (excludes halogenated alkanes) is 2. The summed E-state index contributed by atoms with van der Waals surface area (Å²) in [6.45, 7) is 11.3. The molecule has 0 saturated carbocycles. The highest BCUT2D eigenvalue weighted by Gasteiger charge is 2.18. The molecule has 6 heteroatoms. The van der Waals surface area contributed by atoms with Gasteiger partial charge in [0, 0.05) is 20.2 Å². The summed E-state index contributed by atoms with van der Waals surface area (Å²) < 4.78 is 29.6. The van der Waals surface area contributed by atoms with Crippen LogP contribution in [0.1, 0.15) is 64.6 Å². The van der Waals surface area contributed by atoms with E-state index >= 15 is 0 Å². The van der Waals surface area contributed by atoms with Crippen molar-refractivity contribution in [2.75, 3.05) is 20.2 Å². The highest BCUT2D eigenvalue weighted by Crippen LogP contribution is 2.16. The lowest BCUT2D eigenvalue weighted by atomic mass is 10.0. The highest BCUT2D eigenvalue weighted by molar-refractivity contribution is 7.86. The average Bonchev–Trinajstić information content (AvgIpc) is 2.87. The third-order valence-electron chi connectivity index (χ3n) is 6.74. The summed E-state index contributed by atoms with van der Waals surface area (Å²) in [6, 6.07) is 19.8. The number of aliphatic hydroxyl groups is 1. The zero-order chi connectivity index (χ0) is 28.1. The third-order valence-corrected chi connectivity index (χ3v) is 8.04. The first-order valence-electron chi connectivity index (χ1n) is 13.5. The van der Waals surface area contributed by atoms with Gasteiger partial charge < -0.3 is 5.11 Å². The van der Waals surface area contributed by atoms with Gasteiger partial charge in [0.25, 0.3) is 0 Å². The quantitative estimate of drug-likeness (QED) is 0.202. The van der Waals surface area contributed by atoms with E-state index in [1.165, 1.54) is 38.4 Å². The molecule has 0 amide bonds. The van der Waals surface area contributed by atoms with Gasteiger partial charge in [0.05, 0.1) is 4.90 Å². The van der Waals surface area contributed by atoms with Crippen LogP contribution in [0.2, 0.25) is 0 Å². The van der Waals surface area contributed by atoms with E-state index < -0.39 is 10.1 Å². The summed E-state index contributed by atoms with van der Waals surface area (Å²) in [5, 5.41) is 10.0. The van der Waals surface area contributed by atoms with E-state index in [2.05, 4.69) is 64.1 Å². The van der Waals surface area contributed by atoms with Crippen molar-refractivity contribution < 1.29 is 17.8 Å². The van der Waals surface area contributed by atoms with Crippen molar-refractivity contribution in [3.05, 3.63) is 99.6 Å². The molecule has 3 rings (SSSR count). The molecule has 0 fully saturated rings. The molecule has 0 bridgehead atoms. The predicted octanol–water partition coefficient (Wildman–Crippen LogP) is 6.81. The Hall–Kier alpha value is -2.51. The predicted molar refractivity (Wildman–Crippen MR) is 157 cm³/mol. The molecular formula is C32H45NO4S. The molecule has 0 aliphatic carbocycles. The second-order valence-electron chi connectivity index (χ2n) is 10.2. The smallest absolute Gasteiger partial charge is 0.313 e. The van der Waals surface area contributed by atoms with Gasteiger partial charge in [-0.05, 0) is 119 Å². The first-order valence-corrected chi connectivity index (χ1v) is 14.9. The maximum absolute atomic E-state index is 12.2. The van der Waals surface area contributed by atoms with E-state index in [-0.39, 0.29) is 4.90 Å². The average molecular weight is 540 g/mol. The van der Waals surface area contributed by atoms with Crippen LogP contribution in [0.3, 0.4) is 0 Å². The minimum atomic E-state index is -3.75. The van der Waals surface area contributed by atoms with Crippen LogP contribution in [-0.2, 0) is 27.2 Å². The van der Waals surface area contributed by atoms with Crippen molar-refractivity contribution in [3.63, 3.8) is 0 Å². The number of hydroxylamine groups is 2. The fourth-order valence-corrected chi connectivity index (χ4v) is 4.94. The summed E-state index contributed by atoms with van der Waals surface area (Å²) in [4.78, 5) is 0.181. The molecule has 3 aromatic rings. The zero-order valence-corrected chi connectivity index (χ0v) is 24.8. The molecule has 5 nitrogen and oxygen atoms in total. The van der Waals surface area contributed by atoms with Crippen molar-refractivity contribution in [3.8, 4) is 0 Å². The second-order valence-corrected chi connectivity index (χ2v) is 11.7. The van der Waals surface area contributed by atoms with Crippen LogP contribution in [-0.4, -0.2) is 38.8 Å². The van der Waals surface area contributed by atoms with Gasteiger partial charge in [-0.2, -0.15) is 17.8 Å². The van der Waals surface area contributed by atoms with Gasteiger partial charge in [-0.1, -0.05) is 54.1 Å². The van der Waals surface area contributed by atoms with E-state index in [9.17, 15) is 8.42 Å². The molecule has 0 spiro atoms. The molecule has 0 saturated heterocycles. The Balaban J connectivity index is 0.000000328. The highest BCUT2D eigenvalue weighted by atomic mass is 32.2. The lowest BCUT2D eigenvalue weighted by Crippen LogP contribution is -2.24. The lowest BCUT2D eigenvalue weighted by Gasteiger charge is -2.16. The molecule has 0 heterocycles. The number of aliphatic hydroxyl groups excluding tert-OH is 1. The molecule has 1 N–H and O–H groups in total. The maximum Gasteiger partial charge on any atom is 0.313 e. The molecule has 38 heavy (non-hydrogen) atoms. The zero-order valence-electron chi connectivity index (χ0n) is 24.0. The molecule has 0 unspecified atom stereocenters. The second kappa shape index (κ2) is 15.8. The van der Waals surface area contributed by atoms with Gasteiger partial charge in [0.15, 0.2) is 0 Å². The molecular weight excluding hydrogens is 494 g/mol. The van der Waals surface area contributed by atoms with Gasteiger partial charge in [-0.3, -0.25) is 0 Å². The molecule has 0 aliphatic heterocycles. The summed E-state index contributed by atoms with van der Waals surface area (Å²) in [7, 11) is -2.10. The van der Waals surface area contributed by atoms with Crippen LogP contribution in [0.15, 0.2) is 65.6 Å². The van der Waals surface area contributed by atoms with Crippen LogP contribution in [0.4, 0.5) is 0 Å². The van der Waals surface area contributed by atoms with E-state index in [4.69, 9.17) is 9.39 Å². The van der Waals surface area contributed by atoms with E-state index in [1.807, 2.05) is 6.92 Å². The van der Waals surface area contributed by atoms with Crippen LogP contribution in [0, 0.1) is 34.6 Å². The fourth-order valence-electron chi connectivity index (χ4n) is 3.98. The standard InChI is InChI=1S/C20H27NO3S.C12H18O/c1-16-8-12-20(13-9-16)25(22,23)24-21(4)14-6-5-7-19-11-10-17(2)18(3)15-19;1-10-6-7-12(9-11(10)2)5-3-4-8-13/h8-13,15H,5-7,14H2,1-4H3;6-7,9,13H,3-5,8H2,1-2H3. The monoisotopic (exact) mass is 539 g/mol. The van der Waals surface area contributed by atoms with Crippen molar-refractivity contribution in [2.45, 2.75) is 78.0 Å². The number of aryl methyl sites for hydroxylation is 7. The minimum absolute atomic E-state index is 0.181. The number of nitrogens with zero attached hydrogens (tertiary/aromatic N) is 1. The first-order chi connectivity index (χ1) is 18.0. The molecule has 208 valence electrons. The van der Waals surface area contributed by atoms with Crippen molar-refractivity contribution in [2.24, 2.45) is 0 Å². The number of rotatable bonds is 12. The summed E-state index contributed by atoms with van der Waals surface area (Å²) in [5.41, 5.74) is 9.04. The molecule has 3 aromatic carbocycles. The minimum Gasteiger partial charge on any atom is -0.396 e. The normalized spacial score (nSPS) is 11.4. The SMILES string of the molecule is Cc1ccc(CCCCO)cc1C.Cc1ccc(S(=O)(=O)ON(C)CCCCc2ccc(C)c(C)c2)cc1. The Kier molecular flexibility index (Phi) is 13.2. The van der Waals surface area contributed by atoms with Crippen molar-refractivity contribution >= 4 is 10.1 Å². The third kappa shape index (κ3) is 11.1. The lowest BCUT2D eigenvalue weighted by molar-refractivity contribution is -0.0250. The van der Waals surface area contributed by atoms with Gasteiger partial charge in [0.2, 0.25) is 0 Å². The molecule has 0 radical (unpaired) electrons. The number of benzene rings is 3. The van der Waals surface area contributed by atoms with Crippen molar-refractivity contribution in [1.29, 1.82) is 0 Å². The number of hydrogen-bond donors (Lipinski definition) is 1. The Morgan fingerprint density at radius 1 is 0.684 bits per heavy atom. The Labute approximate surface area is 230 Å². The maximum atomic E-state index is 12.2. The summed E-state index contributed by atoms with van der Waals surface area (Å²) >= 11 is 0. The Morgan fingerprint density at radius 3 is 1.66 bits per heavy atom. The number of hydrogen-bond acceptors (Lipinski definition) is 5. The van der Waals surface area contributed by atoms with Gasteiger partial charge in [0.1, 0.15) is 0 Å².